The third-order valence-corrected chi connectivity index (χ3v) is 4.41. The second-order valence-corrected chi connectivity index (χ2v) is 6.21. The van der Waals surface area contributed by atoms with Gasteiger partial charge in [-0.3, -0.25) is 4.98 Å². The number of ether oxygens (including phenoxy) is 3. The number of benzene rings is 2. The molecule has 4 nitrogen and oxygen atoms in total. The Kier molecular flexibility index (Phi) is 5.09. The summed E-state index contributed by atoms with van der Waals surface area (Å²) in [7, 11) is 0. The first-order valence-corrected chi connectivity index (χ1v) is 8.80. The van der Waals surface area contributed by atoms with Crippen LogP contribution in [0.3, 0.4) is 0 Å². The number of rotatable bonds is 5. The van der Waals surface area contributed by atoms with E-state index in [0.717, 1.165) is 47.3 Å². The van der Waals surface area contributed by atoms with Crippen LogP contribution in [-0.4, -0.2) is 31.1 Å². The number of nitrogens with zero attached hydrogens (tertiary/aromatic N) is 1. The molecule has 2 aromatic carbocycles. The van der Waals surface area contributed by atoms with Crippen LogP contribution in [-0.2, 0) is 9.47 Å². The number of halogens is 1. The zero-order valence-electron chi connectivity index (χ0n) is 14.4. The lowest BCUT2D eigenvalue weighted by Crippen LogP contribution is -2.26. The second-order valence-electron chi connectivity index (χ2n) is 6.21. The molecule has 3 aromatic rings. The van der Waals surface area contributed by atoms with Crippen LogP contribution in [0.5, 0.6) is 5.75 Å². The molecule has 0 amide bonds. The van der Waals surface area contributed by atoms with Crippen molar-refractivity contribution < 1.29 is 18.6 Å². The van der Waals surface area contributed by atoms with Crippen LogP contribution in [0, 0.1) is 5.82 Å². The summed E-state index contributed by atoms with van der Waals surface area (Å²) in [4.78, 5) is 3.96. The summed E-state index contributed by atoms with van der Waals surface area (Å²) in [6.07, 6.45) is 4.32. The van der Waals surface area contributed by atoms with Crippen molar-refractivity contribution in [3.63, 3.8) is 0 Å². The lowest BCUT2D eigenvalue weighted by molar-refractivity contribution is -0.183. The van der Waals surface area contributed by atoms with Gasteiger partial charge >= 0.3 is 0 Å². The van der Waals surface area contributed by atoms with Crippen LogP contribution in [0.15, 0.2) is 54.9 Å². The van der Waals surface area contributed by atoms with E-state index in [4.69, 9.17) is 14.2 Å². The molecule has 4 rings (SSSR count). The number of pyridine rings is 1. The largest absolute Gasteiger partial charge is 0.493 e. The minimum atomic E-state index is -0.348. The molecule has 2 heterocycles. The van der Waals surface area contributed by atoms with Crippen molar-refractivity contribution in [2.24, 2.45) is 0 Å². The van der Waals surface area contributed by atoms with Gasteiger partial charge < -0.3 is 14.2 Å². The average Bonchev–Trinajstić information content (AvgIpc) is 2.69. The second kappa shape index (κ2) is 7.81. The Balaban J connectivity index is 1.58. The molecule has 1 aromatic heterocycles. The quantitative estimate of drug-likeness (QED) is 0.674. The van der Waals surface area contributed by atoms with Gasteiger partial charge in [0.2, 0.25) is 0 Å². The van der Waals surface area contributed by atoms with Crippen molar-refractivity contribution in [2.45, 2.75) is 19.1 Å². The van der Waals surface area contributed by atoms with E-state index in [9.17, 15) is 4.39 Å². The molecule has 5 heteroatoms. The van der Waals surface area contributed by atoms with Crippen molar-refractivity contribution in [3.8, 4) is 16.9 Å². The number of fused-ring (bicyclic) bond motifs is 1. The summed E-state index contributed by atoms with van der Waals surface area (Å²) >= 11 is 0. The molecule has 1 aliphatic rings. The molecule has 0 aliphatic carbocycles. The van der Waals surface area contributed by atoms with Gasteiger partial charge in [-0.15, -0.1) is 0 Å². The highest BCUT2D eigenvalue weighted by atomic mass is 19.1. The predicted octanol–water partition coefficient (Wildman–Crippen LogP) is 4.57. The van der Waals surface area contributed by atoms with Gasteiger partial charge in [0.25, 0.3) is 0 Å². The molecule has 1 fully saturated rings. The van der Waals surface area contributed by atoms with Crippen molar-refractivity contribution >= 4 is 10.8 Å². The molecule has 0 N–H and O–H groups in total. The Morgan fingerprint density at radius 2 is 1.85 bits per heavy atom. The molecule has 134 valence electrons. The summed E-state index contributed by atoms with van der Waals surface area (Å²) in [5, 5.41) is 1.99. The summed E-state index contributed by atoms with van der Waals surface area (Å²) in [5.74, 6) is 0.448. The van der Waals surface area contributed by atoms with Crippen molar-refractivity contribution in [1.29, 1.82) is 0 Å². The van der Waals surface area contributed by atoms with Crippen LogP contribution in [0.1, 0.15) is 12.8 Å². The van der Waals surface area contributed by atoms with Gasteiger partial charge in [0.1, 0.15) is 11.6 Å². The third kappa shape index (κ3) is 3.69. The Labute approximate surface area is 151 Å². The van der Waals surface area contributed by atoms with E-state index in [1.807, 2.05) is 36.4 Å². The molecule has 26 heavy (non-hydrogen) atoms. The molecule has 1 aliphatic heterocycles. The molecule has 0 radical (unpaired) electrons. The van der Waals surface area contributed by atoms with Gasteiger partial charge in [-0.2, -0.15) is 0 Å². The molecule has 0 atom stereocenters. The monoisotopic (exact) mass is 353 g/mol. The lowest BCUT2D eigenvalue weighted by atomic mass is 9.99. The van der Waals surface area contributed by atoms with Gasteiger partial charge in [0, 0.05) is 23.6 Å². The fourth-order valence-corrected chi connectivity index (χ4v) is 3.18. The molecule has 1 saturated heterocycles. The van der Waals surface area contributed by atoms with Gasteiger partial charge in [0.05, 0.1) is 26.0 Å². The highest BCUT2D eigenvalue weighted by Crippen LogP contribution is 2.34. The van der Waals surface area contributed by atoms with Gasteiger partial charge in [-0.05, 0) is 35.6 Å². The van der Waals surface area contributed by atoms with E-state index in [-0.39, 0.29) is 12.1 Å². The first-order chi connectivity index (χ1) is 12.8. The normalized spacial score (nSPS) is 15.3. The van der Waals surface area contributed by atoms with Gasteiger partial charge in [-0.25, -0.2) is 4.39 Å². The Morgan fingerprint density at radius 1 is 1.04 bits per heavy atom. The topological polar surface area (TPSA) is 40.6 Å². The maximum Gasteiger partial charge on any atom is 0.160 e. The summed E-state index contributed by atoms with van der Waals surface area (Å²) in [6.45, 7) is 1.99. The maximum atomic E-state index is 13.6. The minimum absolute atomic E-state index is 0.187. The van der Waals surface area contributed by atoms with Crippen molar-refractivity contribution in [3.05, 3.63) is 60.7 Å². The fraction of sp³-hybridized carbons (Fsp3) is 0.286. The zero-order valence-corrected chi connectivity index (χ0v) is 14.4. The minimum Gasteiger partial charge on any atom is -0.493 e. The highest BCUT2D eigenvalue weighted by Gasteiger charge is 2.15. The molecule has 0 bridgehead atoms. The molecule has 0 unspecified atom stereocenters. The van der Waals surface area contributed by atoms with Crippen LogP contribution >= 0.6 is 0 Å². The fourth-order valence-electron chi connectivity index (χ4n) is 3.18. The Bertz CT molecular complexity index is 893. The standard InChI is InChI=1S/C21H20FNO3/c22-16-12-15(13-23-14-16)17-6-7-20(19-5-2-1-4-18(17)19)24-11-8-21-25-9-3-10-26-21/h1-2,4-7,12-14,21H,3,8-11H2. The molecular weight excluding hydrogens is 333 g/mol. The summed E-state index contributed by atoms with van der Waals surface area (Å²) in [6, 6.07) is 13.3. The van der Waals surface area contributed by atoms with Crippen LogP contribution < -0.4 is 4.74 Å². The van der Waals surface area contributed by atoms with Crippen molar-refractivity contribution in [1.82, 2.24) is 4.98 Å². The number of aromatic nitrogens is 1. The van der Waals surface area contributed by atoms with E-state index in [1.54, 1.807) is 6.20 Å². The van der Waals surface area contributed by atoms with Crippen molar-refractivity contribution in [2.75, 3.05) is 19.8 Å². The van der Waals surface area contributed by atoms with Gasteiger partial charge in [-0.1, -0.05) is 24.3 Å². The zero-order chi connectivity index (χ0) is 17.8. The smallest absolute Gasteiger partial charge is 0.160 e. The SMILES string of the molecule is Fc1cncc(-c2ccc(OCCC3OCCCO3)c3ccccc23)c1. The van der Waals surface area contributed by atoms with E-state index in [0.29, 0.717) is 13.0 Å². The molecule has 0 saturated carbocycles. The lowest BCUT2D eigenvalue weighted by Gasteiger charge is -2.23. The first kappa shape index (κ1) is 16.9. The summed E-state index contributed by atoms with van der Waals surface area (Å²) in [5.41, 5.74) is 1.68. The Hall–Kier alpha value is -2.50. The highest BCUT2D eigenvalue weighted by molar-refractivity contribution is 5.99. The third-order valence-electron chi connectivity index (χ3n) is 4.41. The first-order valence-electron chi connectivity index (χ1n) is 8.80. The maximum absolute atomic E-state index is 13.6. The van der Waals surface area contributed by atoms with E-state index in [1.165, 1.54) is 12.3 Å². The van der Waals surface area contributed by atoms with E-state index >= 15 is 0 Å². The predicted molar refractivity (Wildman–Crippen MR) is 97.6 cm³/mol. The number of hydrogen-bond acceptors (Lipinski definition) is 4. The Morgan fingerprint density at radius 3 is 2.65 bits per heavy atom. The van der Waals surface area contributed by atoms with Crippen LogP contribution in [0.4, 0.5) is 4.39 Å². The van der Waals surface area contributed by atoms with Crippen LogP contribution in [0.2, 0.25) is 0 Å². The number of hydrogen-bond donors (Lipinski definition) is 0. The average molecular weight is 353 g/mol. The molecule has 0 spiro atoms. The molecular formula is C21H20FNO3. The van der Waals surface area contributed by atoms with Gasteiger partial charge in [0.15, 0.2) is 6.29 Å². The van der Waals surface area contributed by atoms with Crippen LogP contribution in [0.25, 0.3) is 21.9 Å². The van der Waals surface area contributed by atoms with E-state index in [2.05, 4.69) is 4.98 Å². The summed E-state index contributed by atoms with van der Waals surface area (Å²) < 4.78 is 30.6. The van der Waals surface area contributed by atoms with E-state index < -0.39 is 0 Å².